The molecule has 102 valence electrons. The van der Waals surface area contributed by atoms with Crippen LogP contribution in [0.25, 0.3) is 11.0 Å². The number of fused-ring (bicyclic) bond motifs is 1. The number of para-hydroxylation sites is 2. The Hall–Kier alpha value is -1.88. The molecule has 1 unspecified atom stereocenters. The van der Waals surface area contributed by atoms with Gasteiger partial charge in [-0.05, 0) is 19.1 Å². The molecule has 0 saturated heterocycles. The maximum absolute atomic E-state index is 11.8. The topological polar surface area (TPSA) is 56.1 Å². The number of benzene rings is 1. The second-order valence-corrected chi connectivity index (χ2v) is 4.60. The fraction of sp³-hybridized carbons (Fsp3) is 0.429. The van der Waals surface area contributed by atoms with Gasteiger partial charge in [-0.3, -0.25) is 4.79 Å². The minimum Gasteiger partial charge on any atom is -0.383 e. The van der Waals surface area contributed by atoms with Crippen molar-refractivity contribution in [2.75, 3.05) is 13.7 Å². The van der Waals surface area contributed by atoms with Crippen molar-refractivity contribution in [3.63, 3.8) is 0 Å². The number of rotatable bonds is 6. The lowest BCUT2D eigenvalue weighted by Gasteiger charge is -2.12. The molecule has 0 bridgehead atoms. The Kier molecular flexibility index (Phi) is 4.52. The largest absolute Gasteiger partial charge is 0.383 e. The molecule has 0 fully saturated rings. The van der Waals surface area contributed by atoms with E-state index in [1.54, 1.807) is 13.4 Å². The Balaban J connectivity index is 1.90. The van der Waals surface area contributed by atoms with Crippen LogP contribution in [0.2, 0.25) is 0 Å². The van der Waals surface area contributed by atoms with Crippen molar-refractivity contribution in [3.05, 3.63) is 30.6 Å². The van der Waals surface area contributed by atoms with Gasteiger partial charge in [-0.15, -0.1) is 0 Å². The van der Waals surface area contributed by atoms with E-state index in [0.717, 1.165) is 11.0 Å². The standard InChI is InChI=1S/C14H19N3O2/c1-11(9-19-2)16-14(18)7-8-17-10-15-12-5-3-4-6-13(12)17/h3-6,10-11H,7-9H2,1-2H3,(H,16,18). The zero-order valence-corrected chi connectivity index (χ0v) is 11.3. The molecule has 1 aromatic carbocycles. The first-order valence-corrected chi connectivity index (χ1v) is 6.39. The highest BCUT2D eigenvalue weighted by Crippen LogP contribution is 2.11. The summed E-state index contributed by atoms with van der Waals surface area (Å²) in [4.78, 5) is 16.1. The molecule has 1 heterocycles. The van der Waals surface area contributed by atoms with Crippen molar-refractivity contribution in [2.45, 2.75) is 25.9 Å². The smallest absolute Gasteiger partial charge is 0.222 e. The van der Waals surface area contributed by atoms with Crippen LogP contribution in [0, 0.1) is 0 Å². The Labute approximate surface area is 112 Å². The maximum atomic E-state index is 11.8. The van der Waals surface area contributed by atoms with Crippen molar-refractivity contribution >= 4 is 16.9 Å². The van der Waals surface area contributed by atoms with Gasteiger partial charge >= 0.3 is 0 Å². The van der Waals surface area contributed by atoms with Crippen molar-refractivity contribution < 1.29 is 9.53 Å². The van der Waals surface area contributed by atoms with Gasteiger partial charge in [0.25, 0.3) is 0 Å². The van der Waals surface area contributed by atoms with Crippen LogP contribution in [0.5, 0.6) is 0 Å². The first kappa shape index (κ1) is 13.5. The van der Waals surface area contributed by atoms with Crippen LogP contribution in [-0.2, 0) is 16.1 Å². The summed E-state index contributed by atoms with van der Waals surface area (Å²) < 4.78 is 6.98. The van der Waals surface area contributed by atoms with Crippen LogP contribution in [-0.4, -0.2) is 35.2 Å². The number of hydrogen-bond acceptors (Lipinski definition) is 3. The molecule has 2 aromatic rings. The van der Waals surface area contributed by atoms with Crippen LogP contribution < -0.4 is 5.32 Å². The second kappa shape index (κ2) is 6.33. The van der Waals surface area contributed by atoms with Crippen LogP contribution in [0.1, 0.15) is 13.3 Å². The Morgan fingerprint density at radius 2 is 2.26 bits per heavy atom. The highest BCUT2D eigenvalue weighted by Gasteiger charge is 2.08. The van der Waals surface area contributed by atoms with E-state index >= 15 is 0 Å². The van der Waals surface area contributed by atoms with Crippen molar-refractivity contribution in [3.8, 4) is 0 Å². The number of nitrogens with one attached hydrogen (secondary N) is 1. The monoisotopic (exact) mass is 261 g/mol. The van der Waals surface area contributed by atoms with Crippen LogP contribution in [0.4, 0.5) is 0 Å². The van der Waals surface area contributed by atoms with Gasteiger partial charge in [-0.25, -0.2) is 4.98 Å². The van der Waals surface area contributed by atoms with E-state index in [0.29, 0.717) is 19.6 Å². The first-order chi connectivity index (χ1) is 9.20. The number of nitrogens with zero attached hydrogens (tertiary/aromatic N) is 2. The number of amides is 1. The van der Waals surface area contributed by atoms with Crippen molar-refractivity contribution in [2.24, 2.45) is 0 Å². The number of ether oxygens (including phenoxy) is 1. The van der Waals surface area contributed by atoms with Gasteiger partial charge in [0.15, 0.2) is 0 Å². The molecule has 0 spiro atoms. The van der Waals surface area contributed by atoms with E-state index in [-0.39, 0.29) is 11.9 Å². The minimum atomic E-state index is 0.0299. The van der Waals surface area contributed by atoms with E-state index in [1.807, 2.05) is 35.8 Å². The molecule has 0 saturated carbocycles. The quantitative estimate of drug-likeness (QED) is 0.859. The Morgan fingerprint density at radius 1 is 1.47 bits per heavy atom. The molecule has 0 aliphatic rings. The lowest BCUT2D eigenvalue weighted by Crippen LogP contribution is -2.35. The number of methoxy groups -OCH3 is 1. The van der Waals surface area contributed by atoms with Gasteiger partial charge in [-0.1, -0.05) is 12.1 Å². The number of hydrogen-bond donors (Lipinski definition) is 1. The van der Waals surface area contributed by atoms with Crippen LogP contribution in [0.15, 0.2) is 30.6 Å². The molecule has 2 rings (SSSR count). The fourth-order valence-corrected chi connectivity index (χ4v) is 2.05. The van der Waals surface area contributed by atoms with Gasteiger partial charge in [0.2, 0.25) is 5.91 Å². The molecule has 0 radical (unpaired) electrons. The zero-order chi connectivity index (χ0) is 13.7. The summed E-state index contributed by atoms with van der Waals surface area (Å²) in [6.45, 7) is 3.08. The summed E-state index contributed by atoms with van der Waals surface area (Å²) in [6.07, 6.45) is 2.21. The average Bonchev–Trinajstić information content (AvgIpc) is 2.80. The third-order valence-electron chi connectivity index (χ3n) is 2.93. The molecule has 1 amide bonds. The number of aromatic nitrogens is 2. The number of carbonyl (C=O) groups is 1. The average molecular weight is 261 g/mol. The molecule has 1 atom stereocenters. The predicted octanol–water partition coefficient (Wildman–Crippen LogP) is 1.58. The third-order valence-corrected chi connectivity index (χ3v) is 2.93. The molecular weight excluding hydrogens is 242 g/mol. The maximum Gasteiger partial charge on any atom is 0.222 e. The van der Waals surface area contributed by atoms with Crippen molar-refractivity contribution in [1.82, 2.24) is 14.9 Å². The van der Waals surface area contributed by atoms with E-state index in [2.05, 4.69) is 10.3 Å². The Morgan fingerprint density at radius 3 is 3.05 bits per heavy atom. The summed E-state index contributed by atoms with van der Waals surface area (Å²) in [5.74, 6) is 0.0299. The minimum absolute atomic E-state index is 0.0299. The second-order valence-electron chi connectivity index (χ2n) is 4.60. The molecule has 19 heavy (non-hydrogen) atoms. The van der Waals surface area contributed by atoms with Gasteiger partial charge in [0.05, 0.1) is 24.0 Å². The molecule has 5 nitrogen and oxygen atoms in total. The molecule has 0 aliphatic carbocycles. The van der Waals surface area contributed by atoms with Crippen LogP contribution in [0.3, 0.4) is 0 Å². The fourth-order valence-electron chi connectivity index (χ4n) is 2.05. The molecule has 1 aromatic heterocycles. The van der Waals surface area contributed by atoms with Crippen LogP contribution >= 0.6 is 0 Å². The van der Waals surface area contributed by atoms with E-state index in [9.17, 15) is 4.79 Å². The van der Waals surface area contributed by atoms with E-state index in [4.69, 9.17) is 4.74 Å². The van der Waals surface area contributed by atoms with Gasteiger partial charge < -0.3 is 14.6 Å². The number of imidazole rings is 1. The molecule has 5 heteroatoms. The Bertz CT molecular complexity index is 550. The normalized spacial score (nSPS) is 12.5. The van der Waals surface area contributed by atoms with Crippen molar-refractivity contribution in [1.29, 1.82) is 0 Å². The van der Waals surface area contributed by atoms with Gasteiger partial charge in [-0.2, -0.15) is 0 Å². The zero-order valence-electron chi connectivity index (χ0n) is 11.3. The summed E-state index contributed by atoms with van der Waals surface area (Å²) in [6, 6.07) is 7.94. The highest BCUT2D eigenvalue weighted by atomic mass is 16.5. The SMILES string of the molecule is COCC(C)NC(=O)CCn1cnc2ccccc21. The third kappa shape index (κ3) is 3.54. The number of aryl methyl sites for hydroxylation is 1. The lowest BCUT2D eigenvalue weighted by atomic mass is 10.3. The highest BCUT2D eigenvalue weighted by molar-refractivity contribution is 5.77. The summed E-state index contributed by atoms with van der Waals surface area (Å²) in [7, 11) is 1.63. The lowest BCUT2D eigenvalue weighted by molar-refractivity contribution is -0.122. The predicted molar refractivity (Wildman–Crippen MR) is 73.8 cm³/mol. The first-order valence-electron chi connectivity index (χ1n) is 6.39. The summed E-state index contributed by atoms with van der Waals surface area (Å²) in [5.41, 5.74) is 2.01. The number of carbonyl (C=O) groups excluding carboxylic acids is 1. The summed E-state index contributed by atoms with van der Waals surface area (Å²) >= 11 is 0. The van der Waals surface area contributed by atoms with E-state index in [1.165, 1.54) is 0 Å². The summed E-state index contributed by atoms with van der Waals surface area (Å²) in [5, 5.41) is 2.89. The van der Waals surface area contributed by atoms with Gasteiger partial charge in [0.1, 0.15) is 0 Å². The molecular formula is C14H19N3O2. The van der Waals surface area contributed by atoms with E-state index < -0.39 is 0 Å². The van der Waals surface area contributed by atoms with Gasteiger partial charge in [0, 0.05) is 26.1 Å². The molecule has 1 N–H and O–H groups in total. The molecule has 0 aliphatic heterocycles.